The van der Waals surface area contributed by atoms with Crippen LogP contribution in [-0.4, -0.2) is 51.0 Å². The summed E-state index contributed by atoms with van der Waals surface area (Å²) in [5, 5.41) is 13.8. The van der Waals surface area contributed by atoms with E-state index < -0.39 is 4.92 Å². The average molecular weight is 267 g/mol. The van der Waals surface area contributed by atoms with Gasteiger partial charge < -0.3 is 20.3 Å². The molecule has 1 fully saturated rings. The fraction of sp³-hybridized carbons (Fsp3) is 0.636. The monoisotopic (exact) mass is 267 g/mol. The number of nitrogens with zero attached hydrogens (tertiary/aromatic N) is 4. The van der Waals surface area contributed by atoms with Crippen molar-refractivity contribution in [1.82, 2.24) is 19.8 Å². The molecule has 8 nitrogen and oxygen atoms in total. The minimum absolute atomic E-state index is 0.0376. The summed E-state index contributed by atoms with van der Waals surface area (Å²) in [5.41, 5.74) is 0. The number of rotatable bonds is 3. The number of aryl methyl sites for hydroxylation is 1. The normalized spacial score (nSPS) is 19.5. The van der Waals surface area contributed by atoms with Crippen molar-refractivity contribution >= 4 is 11.7 Å². The Hall–Kier alpha value is -1.96. The van der Waals surface area contributed by atoms with Gasteiger partial charge in [0.05, 0.1) is 0 Å². The Morgan fingerprint density at radius 3 is 3.00 bits per heavy atom. The van der Waals surface area contributed by atoms with E-state index in [1.54, 1.807) is 11.8 Å². The minimum Gasteiger partial charge on any atom is -0.358 e. The van der Waals surface area contributed by atoms with Crippen molar-refractivity contribution in [2.24, 2.45) is 0 Å². The number of carbonyl (C=O) groups is 1. The summed E-state index contributed by atoms with van der Waals surface area (Å²) < 4.78 is 1.52. The molecule has 0 unspecified atom stereocenters. The number of nitro groups is 1. The summed E-state index contributed by atoms with van der Waals surface area (Å²) in [6, 6.07) is 0.139. The van der Waals surface area contributed by atoms with Gasteiger partial charge in [0.1, 0.15) is 12.7 Å². The van der Waals surface area contributed by atoms with Crippen LogP contribution in [0.3, 0.4) is 0 Å². The predicted octanol–water partition coefficient (Wildman–Crippen LogP) is -0.0800. The third-order valence-corrected chi connectivity index (χ3v) is 3.28. The van der Waals surface area contributed by atoms with E-state index in [1.807, 2.05) is 6.92 Å². The zero-order valence-corrected chi connectivity index (χ0v) is 11.0. The maximum atomic E-state index is 12.2. The van der Waals surface area contributed by atoms with E-state index in [0.29, 0.717) is 12.4 Å². The maximum Gasteiger partial charge on any atom is 0.381 e. The lowest BCUT2D eigenvalue weighted by atomic mass is 10.2. The van der Waals surface area contributed by atoms with Crippen LogP contribution < -0.4 is 5.32 Å². The second-order valence-electron chi connectivity index (χ2n) is 4.67. The first-order valence-corrected chi connectivity index (χ1v) is 6.17. The highest BCUT2D eigenvalue weighted by atomic mass is 16.6. The second kappa shape index (κ2) is 5.35. The number of aromatic nitrogens is 2. The SMILES string of the molecule is Cc1nc([N+](=O)[O-])cn1CC(=O)N1CCNC[C@H]1C. The van der Waals surface area contributed by atoms with Crippen LogP contribution in [0.1, 0.15) is 12.7 Å². The highest BCUT2D eigenvalue weighted by molar-refractivity contribution is 5.76. The van der Waals surface area contributed by atoms with E-state index in [0.717, 1.165) is 13.1 Å². The Balaban J connectivity index is 2.08. The third kappa shape index (κ3) is 2.90. The van der Waals surface area contributed by atoms with Gasteiger partial charge in [0, 0.05) is 32.6 Å². The van der Waals surface area contributed by atoms with Crippen LogP contribution in [0.2, 0.25) is 0 Å². The van der Waals surface area contributed by atoms with Crippen molar-refractivity contribution in [3.8, 4) is 0 Å². The molecule has 1 atom stereocenters. The van der Waals surface area contributed by atoms with Gasteiger partial charge in [0.15, 0.2) is 0 Å². The van der Waals surface area contributed by atoms with Crippen LogP contribution in [0, 0.1) is 17.0 Å². The number of hydrogen-bond donors (Lipinski definition) is 1. The molecule has 1 aromatic rings. The number of nitrogens with one attached hydrogen (secondary N) is 1. The van der Waals surface area contributed by atoms with Crippen molar-refractivity contribution in [2.75, 3.05) is 19.6 Å². The molecule has 1 aliphatic heterocycles. The first kappa shape index (κ1) is 13.5. The Labute approximate surface area is 110 Å². The molecule has 19 heavy (non-hydrogen) atoms. The van der Waals surface area contributed by atoms with Gasteiger partial charge in [-0.2, -0.15) is 0 Å². The van der Waals surface area contributed by atoms with Gasteiger partial charge >= 0.3 is 5.82 Å². The molecule has 2 heterocycles. The number of piperazine rings is 1. The third-order valence-electron chi connectivity index (χ3n) is 3.28. The smallest absolute Gasteiger partial charge is 0.358 e. The molecule has 104 valence electrons. The molecule has 0 radical (unpaired) electrons. The lowest BCUT2D eigenvalue weighted by Gasteiger charge is -2.34. The van der Waals surface area contributed by atoms with Crippen LogP contribution in [0.15, 0.2) is 6.20 Å². The van der Waals surface area contributed by atoms with Crippen molar-refractivity contribution in [3.63, 3.8) is 0 Å². The zero-order valence-electron chi connectivity index (χ0n) is 11.0. The second-order valence-corrected chi connectivity index (χ2v) is 4.67. The van der Waals surface area contributed by atoms with Gasteiger partial charge in [0.25, 0.3) is 0 Å². The van der Waals surface area contributed by atoms with Crippen LogP contribution >= 0.6 is 0 Å². The summed E-state index contributed by atoms with van der Waals surface area (Å²) in [7, 11) is 0. The summed E-state index contributed by atoms with van der Waals surface area (Å²) in [6.45, 7) is 5.94. The van der Waals surface area contributed by atoms with Gasteiger partial charge in [-0.05, 0) is 16.8 Å². The van der Waals surface area contributed by atoms with E-state index in [1.165, 1.54) is 10.8 Å². The number of imidazole rings is 1. The van der Waals surface area contributed by atoms with Gasteiger partial charge in [-0.15, -0.1) is 0 Å². The molecule has 2 rings (SSSR count). The van der Waals surface area contributed by atoms with Crippen molar-refractivity contribution in [2.45, 2.75) is 26.4 Å². The molecular formula is C11H17N5O3. The van der Waals surface area contributed by atoms with Crippen molar-refractivity contribution in [1.29, 1.82) is 0 Å². The van der Waals surface area contributed by atoms with Crippen LogP contribution in [-0.2, 0) is 11.3 Å². The van der Waals surface area contributed by atoms with Gasteiger partial charge in [-0.3, -0.25) is 9.36 Å². The summed E-state index contributed by atoms with van der Waals surface area (Å²) in [5.74, 6) is 0.214. The van der Waals surface area contributed by atoms with Gasteiger partial charge in [-0.1, -0.05) is 0 Å². The molecule has 1 aromatic heterocycles. The molecule has 8 heteroatoms. The fourth-order valence-electron chi connectivity index (χ4n) is 2.19. The van der Waals surface area contributed by atoms with E-state index >= 15 is 0 Å². The number of carbonyl (C=O) groups excluding carboxylic acids is 1. The summed E-state index contributed by atoms with van der Waals surface area (Å²) >= 11 is 0. The molecular weight excluding hydrogens is 250 g/mol. The molecule has 0 bridgehead atoms. The first-order chi connectivity index (χ1) is 8.99. The van der Waals surface area contributed by atoms with Crippen LogP contribution in [0.4, 0.5) is 5.82 Å². The molecule has 0 aliphatic carbocycles. The largest absolute Gasteiger partial charge is 0.381 e. The van der Waals surface area contributed by atoms with E-state index in [2.05, 4.69) is 10.3 Å². The van der Waals surface area contributed by atoms with Gasteiger partial charge in [0.2, 0.25) is 11.7 Å². The van der Waals surface area contributed by atoms with E-state index in [9.17, 15) is 14.9 Å². The fourth-order valence-corrected chi connectivity index (χ4v) is 2.19. The predicted molar refractivity (Wildman–Crippen MR) is 67.7 cm³/mol. The first-order valence-electron chi connectivity index (χ1n) is 6.17. The van der Waals surface area contributed by atoms with Crippen LogP contribution in [0.25, 0.3) is 0 Å². The molecule has 1 amide bonds. The summed E-state index contributed by atoms with van der Waals surface area (Å²) in [4.78, 5) is 27.9. The van der Waals surface area contributed by atoms with Crippen molar-refractivity contribution < 1.29 is 9.72 Å². The van der Waals surface area contributed by atoms with Crippen molar-refractivity contribution in [3.05, 3.63) is 22.1 Å². The molecule has 0 spiro atoms. The molecule has 0 saturated carbocycles. The minimum atomic E-state index is -0.554. The number of hydrogen-bond acceptors (Lipinski definition) is 5. The standard InChI is InChI=1S/C11H17N5O3/c1-8-5-12-3-4-15(8)11(17)7-14-6-10(16(18)19)13-9(14)2/h6,8,12H,3-5,7H2,1-2H3/t8-/m1/s1. The van der Waals surface area contributed by atoms with E-state index in [4.69, 9.17) is 0 Å². The maximum absolute atomic E-state index is 12.2. The molecule has 0 aromatic carbocycles. The quantitative estimate of drug-likeness (QED) is 0.610. The van der Waals surface area contributed by atoms with Gasteiger partial charge in [-0.25, -0.2) is 0 Å². The lowest BCUT2D eigenvalue weighted by Crippen LogP contribution is -2.53. The van der Waals surface area contributed by atoms with E-state index in [-0.39, 0.29) is 24.3 Å². The molecule has 1 aliphatic rings. The van der Waals surface area contributed by atoms with Crippen LogP contribution in [0.5, 0.6) is 0 Å². The Morgan fingerprint density at radius 2 is 2.42 bits per heavy atom. The summed E-state index contributed by atoms with van der Waals surface area (Å²) in [6.07, 6.45) is 1.31. The molecule has 1 N–H and O–H groups in total. The Morgan fingerprint density at radius 1 is 1.68 bits per heavy atom. The number of amides is 1. The Bertz CT molecular complexity index is 499. The molecule has 1 saturated heterocycles. The topological polar surface area (TPSA) is 93.3 Å². The highest BCUT2D eigenvalue weighted by Gasteiger charge is 2.24. The zero-order chi connectivity index (χ0) is 14.0. The highest BCUT2D eigenvalue weighted by Crippen LogP contribution is 2.11. The Kier molecular flexibility index (Phi) is 3.79. The average Bonchev–Trinajstić information content (AvgIpc) is 2.71. The lowest BCUT2D eigenvalue weighted by molar-refractivity contribution is -0.389.